The predicted octanol–water partition coefficient (Wildman–Crippen LogP) is -0.389. The first-order chi connectivity index (χ1) is 12.6. The topological polar surface area (TPSA) is 140 Å². The molecule has 5 N–H and O–H groups in total. The SMILES string of the molecule is Nc1ncnc2c1c(Cc1ccccc1)nn2[C@@H]1O[C@H](CO)[C@@H](O)[C@H]1O. The summed E-state index contributed by atoms with van der Waals surface area (Å²) in [7, 11) is 0. The molecule has 2 aromatic heterocycles. The summed E-state index contributed by atoms with van der Waals surface area (Å²) >= 11 is 0. The van der Waals surface area contributed by atoms with Crippen molar-refractivity contribution >= 4 is 16.9 Å². The fraction of sp³-hybridized carbons (Fsp3) is 0.353. The van der Waals surface area contributed by atoms with E-state index in [-0.39, 0.29) is 5.82 Å². The lowest BCUT2D eigenvalue weighted by molar-refractivity contribution is -0.0568. The zero-order valence-electron chi connectivity index (χ0n) is 13.8. The molecule has 1 saturated heterocycles. The van der Waals surface area contributed by atoms with Crippen LogP contribution in [0.1, 0.15) is 17.5 Å². The molecule has 0 spiro atoms. The Kier molecular flexibility index (Phi) is 4.29. The monoisotopic (exact) mass is 357 g/mol. The van der Waals surface area contributed by atoms with Crippen LogP contribution in [0.5, 0.6) is 0 Å². The molecule has 136 valence electrons. The quantitative estimate of drug-likeness (QED) is 0.495. The number of aliphatic hydroxyl groups is 3. The van der Waals surface area contributed by atoms with Crippen LogP contribution in [0.25, 0.3) is 11.0 Å². The van der Waals surface area contributed by atoms with Gasteiger partial charge < -0.3 is 25.8 Å². The highest BCUT2D eigenvalue weighted by Crippen LogP contribution is 2.33. The van der Waals surface area contributed by atoms with Crippen molar-refractivity contribution in [2.24, 2.45) is 0 Å². The van der Waals surface area contributed by atoms with Crippen molar-refractivity contribution in [3.05, 3.63) is 47.9 Å². The van der Waals surface area contributed by atoms with E-state index in [4.69, 9.17) is 10.5 Å². The van der Waals surface area contributed by atoms with Crippen molar-refractivity contribution in [1.82, 2.24) is 19.7 Å². The normalized spacial score (nSPS) is 25.8. The Balaban J connectivity index is 1.80. The van der Waals surface area contributed by atoms with Crippen LogP contribution in [-0.4, -0.2) is 60.0 Å². The van der Waals surface area contributed by atoms with Crippen LogP contribution in [0.3, 0.4) is 0 Å². The minimum absolute atomic E-state index is 0.277. The summed E-state index contributed by atoms with van der Waals surface area (Å²) in [5.41, 5.74) is 8.11. The van der Waals surface area contributed by atoms with Crippen LogP contribution < -0.4 is 5.73 Å². The van der Waals surface area contributed by atoms with E-state index in [0.29, 0.717) is 23.1 Å². The average molecular weight is 357 g/mol. The second kappa shape index (κ2) is 6.61. The predicted molar refractivity (Wildman–Crippen MR) is 92.0 cm³/mol. The van der Waals surface area contributed by atoms with Crippen molar-refractivity contribution in [2.45, 2.75) is 31.0 Å². The Morgan fingerprint density at radius 2 is 1.88 bits per heavy atom. The third-order valence-corrected chi connectivity index (χ3v) is 4.56. The zero-order chi connectivity index (χ0) is 18.3. The van der Waals surface area contributed by atoms with E-state index in [2.05, 4.69) is 15.1 Å². The minimum Gasteiger partial charge on any atom is -0.394 e. The summed E-state index contributed by atoms with van der Waals surface area (Å²) in [6, 6.07) is 9.73. The van der Waals surface area contributed by atoms with Gasteiger partial charge >= 0.3 is 0 Å². The molecule has 26 heavy (non-hydrogen) atoms. The van der Waals surface area contributed by atoms with Crippen LogP contribution >= 0.6 is 0 Å². The number of nitrogens with two attached hydrogens (primary N) is 1. The maximum absolute atomic E-state index is 10.3. The molecule has 4 atom stereocenters. The van der Waals surface area contributed by atoms with E-state index in [1.807, 2.05) is 30.3 Å². The second-order valence-electron chi connectivity index (χ2n) is 6.24. The van der Waals surface area contributed by atoms with Gasteiger partial charge in [-0.2, -0.15) is 5.10 Å². The maximum atomic E-state index is 10.3. The van der Waals surface area contributed by atoms with E-state index in [1.165, 1.54) is 11.0 Å². The van der Waals surface area contributed by atoms with Crippen molar-refractivity contribution in [1.29, 1.82) is 0 Å². The minimum atomic E-state index is -1.25. The number of anilines is 1. The number of benzene rings is 1. The Bertz CT molecular complexity index is 916. The number of ether oxygens (including phenoxy) is 1. The summed E-state index contributed by atoms with van der Waals surface area (Å²) in [5, 5.41) is 34.8. The molecule has 3 heterocycles. The van der Waals surface area contributed by atoms with Crippen LogP contribution in [0.15, 0.2) is 36.7 Å². The summed E-state index contributed by atoms with van der Waals surface area (Å²) in [6.45, 7) is -0.415. The van der Waals surface area contributed by atoms with Gasteiger partial charge in [0.25, 0.3) is 0 Å². The molecule has 9 nitrogen and oxygen atoms in total. The van der Waals surface area contributed by atoms with Gasteiger partial charge in [-0.3, -0.25) is 0 Å². The standard InChI is InChI=1S/C17H19N5O4/c18-15-12-10(6-9-4-2-1-3-5-9)21-22(16(12)20-8-19-15)17-14(25)13(24)11(7-23)26-17/h1-5,8,11,13-14,17,23-25H,6-7H2,(H2,18,19,20)/t11-,13-,14-,17-/m1/s1. The number of hydrogen-bond acceptors (Lipinski definition) is 8. The largest absolute Gasteiger partial charge is 0.394 e. The fourth-order valence-corrected chi connectivity index (χ4v) is 3.24. The third-order valence-electron chi connectivity index (χ3n) is 4.56. The van der Waals surface area contributed by atoms with Crippen molar-refractivity contribution in [3.63, 3.8) is 0 Å². The lowest BCUT2D eigenvalue weighted by Gasteiger charge is -2.15. The van der Waals surface area contributed by atoms with Gasteiger partial charge in [-0.15, -0.1) is 0 Å². The van der Waals surface area contributed by atoms with E-state index < -0.39 is 31.1 Å². The molecular formula is C17H19N5O4. The molecule has 1 aliphatic heterocycles. The Hall–Kier alpha value is -2.59. The van der Waals surface area contributed by atoms with Gasteiger partial charge in [-0.05, 0) is 5.56 Å². The highest BCUT2D eigenvalue weighted by Gasteiger charge is 2.44. The first-order valence-corrected chi connectivity index (χ1v) is 8.24. The number of aromatic nitrogens is 4. The summed E-state index contributed by atoms with van der Waals surface area (Å²) < 4.78 is 6.98. The fourth-order valence-electron chi connectivity index (χ4n) is 3.24. The summed E-state index contributed by atoms with van der Waals surface area (Å²) in [5.74, 6) is 0.277. The first kappa shape index (κ1) is 16.9. The molecule has 0 saturated carbocycles. The van der Waals surface area contributed by atoms with E-state index >= 15 is 0 Å². The zero-order valence-corrected chi connectivity index (χ0v) is 13.8. The van der Waals surface area contributed by atoms with Crippen molar-refractivity contribution in [2.75, 3.05) is 12.3 Å². The molecule has 1 aliphatic rings. The molecule has 0 unspecified atom stereocenters. The van der Waals surface area contributed by atoms with E-state index in [1.54, 1.807) is 0 Å². The van der Waals surface area contributed by atoms with Gasteiger partial charge in [0.1, 0.15) is 30.5 Å². The summed E-state index contributed by atoms with van der Waals surface area (Å²) in [4.78, 5) is 8.27. The molecule has 1 fully saturated rings. The van der Waals surface area contributed by atoms with Gasteiger partial charge in [0.15, 0.2) is 11.9 Å². The number of nitrogens with zero attached hydrogens (tertiary/aromatic N) is 4. The molecule has 0 aliphatic carbocycles. The van der Waals surface area contributed by atoms with Crippen LogP contribution in [0.4, 0.5) is 5.82 Å². The Labute approximate surface area is 148 Å². The molecule has 4 rings (SSSR count). The smallest absolute Gasteiger partial charge is 0.181 e. The number of hydrogen-bond donors (Lipinski definition) is 4. The first-order valence-electron chi connectivity index (χ1n) is 8.24. The van der Waals surface area contributed by atoms with Crippen molar-refractivity contribution in [3.8, 4) is 0 Å². The van der Waals surface area contributed by atoms with Crippen molar-refractivity contribution < 1.29 is 20.1 Å². The van der Waals surface area contributed by atoms with Crippen LogP contribution in [-0.2, 0) is 11.2 Å². The number of rotatable bonds is 4. The lowest BCUT2D eigenvalue weighted by atomic mass is 10.1. The van der Waals surface area contributed by atoms with E-state index in [9.17, 15) is 15.3 Å². The molecule has 0 amide bonds. The highest BCUT2D eigenvalue weighted by molar-refractivity contribution is 5.88. The lowest BCUT2D eigenvalue weighted by Crippen LogP contribution is -2.33. The van der Waals surface area contributed by atoms with E-state index in [0.717, 1.165) is 5.56 Å². The Morgan fingerprint density at radius 3 is 2.58 bits per heavy atom. The molecule has 3 aromatic rings. The Morgan fingerprint density at radius 1 is 1.12 bits per heavy atom. The van der Waals surface area contributed by atoms with Gasteiger partial charge in [0, 0.05) is 6.42 Å². The van der Waals surface area contributed by atoms with Crippen LogP contribution in [0.2, 0.25) is 0 Å². The molecular weight excluding hydrogens is 338 g/mol. The number of nitrogen functional groups attached to an aromatic ring is 1. The van der Waals surface area contributed by atoms with Gasteiger partial charge in [-0.25, -0.2) is 14.6 Å². The maximum Gasteiger partial charge on any atom is 0.181 e. The van der Waals surface area contributed by atoms with Gasteiger partial charge in [-0.1, -0.05) is 30.3 Å². The second-order valence-corrected chi connectivity index (χ2v) is 6.24. The number of fused-ring (bicyclic) bond motifs is 1. The third kappa shape index (κ3) is 2.71. The molecule has 0 radical (unpaired) electrons. The molecule has 0 bridgehead atoms. The molecule has 1 aromatic carbocycles. The summed E-state index contributed by atoms with van der Waals surface area (Å²) in [6.07, 6.45) is -2.55. The average Bonchev–Trinajstić information content (AvgIpc) is 3.15. The molecule has 9 heteroatoms. The number of aliphatic hydroxyl groups excluding tert-OH is 3. The van der Waals surface area contributed by atoms with Crippen LogP contribution in [0, 0.1) is 0 Å². The highest BCUT2D eigenvalue weighted by atomic mass is 16.6. The van der Waals surface area contributed by atoms with Gasteiger partial charge in [0.2, 0.25) is 0 Å². The van der Waals surface area contributed by atoms with Gasteiger partial charge in [0.05, 0.1) is 17.7 Å².